The van der Waals surface area contributed by atoms with E-state index in [-0.39, 0.29) is 0 Å². The van der Waals surface area contributed by atoms with Gasteiger partial charge in [-0.2, -0.15) is 0 Å². The molecule has 0 unspecified atom stereocenters. The summed E-state index contributed by atoms with van der Waals surface area (Å²) in [5, 5.41) is 1.10. The van der Waals surface area contributed by atoms with Crippen LogP contribution in [0.25, 0.3) is 17.0 Å². The van der Waals surface area contributed by atoms with E-state index >= 15 is 0 Å². The van der Waals surface area contributed by atoms with E-state index in [0.29, 0.717) is 0 Å². The lowest BCUT2D eigenvalue weighted by atomic mass is 10.1. The monoisotopic (exact) mass is 199 g/mol. The first-order valence-corrected chi connectivity index (χ1v) is 4.80. The van der Waals surface area contributed by atoms with Gasteiger partial charge in [0, 0.05) is 22.7 Å². The van der Waals surface area contributed by atoms with Crippen LogP contribution in [-0.2, 0) is 0 Å². The van der Waals surface area contributed by atoms with Gasteiger partial charge < -0.3 is 10.2 Å². The van der Waals surface area contributed by atoms with E-state index in [2.05, 4.69) is 6.58 Å². The van der Waals surface area contributed by atoms with Crippen LogP contribution in [0.5, 0.6) is 0 Å². The molecule has 2 aromatic rings. The third kappa shape index (κ3) is 1.66. The predicted octanol–water partition coefficient (Wildman–Crippen LogP) is 3.52. The Morgan fingerprint density at radius 2 is 2.20 bits per heavy atom. The van der Waals surface area contributed by atoms with E-state index in [9.17, 15) is 0 Å². The number of rotatable bonds is 2. The minimum absolute atomic E-state index is 0.718. The molecule has 0 saturated heterocycles. The molecule has 0 amide bonds. The second-order valence-corrected chi connectivity index (χ2v) is 3.44. The van der Waals surface area contributed by atoms with Crippen molar-refractivity contribution in [3.8, 4) is 0 Å². The molecule has 1 heterocycles. The van der Waals surface area contributed by atoms with Crippen molar-refractivity contribution in [3.05, 3.63) is 48.3 Å². The maximum absolute atomic E-state index is 5.69. The highest BCUT2D eigenvalue weighted by molar-refractivity contribution is 5.86. The third-order valence-electron chi connectivity index (χ3n) is 2.38. The second-order valence-electron chi connectivity index (χ2n) is 3.44. The Labute approximate surface area is 88.7 Å². The lowest BCUT2D eigenvalue weighted by molar-refractivity contribution is 0.601. The van der Waals surface area contributed by atoms with Crippen molar-refractivity contribution in [3.63, 3.8) is 0 Å². The summed E-state index contributed by atoms with van der Waals surface area (Å²) in [5.41, 5.74) is 8.36. The van der Waals surface area contributed by atoms with Crippen LogP contribution in [0.3, 0.4) is 0 Å². The topological polar surface area (TPSA) is 39.2 Å². The van der Waals surface area contributed by atoms with Gasteiger partial charge in [-0.15, -0.1) is 0 Å². The van der Waals surface area contributed by atoms with E-state index in [1.54, 1.807) is 6.08 Å². The summed E-state index contributed by atoms with van der Waals surface area (Å²) in [5.74, 6) is 0.857. The highest BCUT2D eigenvalue weighted by Crippen LogP contribution is 2.27. The molecule has 2 nitrogen and oxygen atoms in total. The standard InChI is InChI=1S/C13H13NO/c1-3-4-5-12-9(2)11-7-6-10(14)8-13(11)15-12/h3-8H,1,14H2,2H3/b5-4-. The van der Waals surface area contributed by atoms with E-state index in [4.69, 9.17) is 10.2 Å². The third-order valence-corrected chi connectivity index (χ3v) is 2.38. The van der Waals surface area contributed by atoms with Crippen molar-refractivity contribution in [2.24, 2.45) is 0 Å². The Hall–Kier alpha value is -1.96. The molecule has 2 N–H and O–H groups in total. The van der Waals surface area contributed by atoms with Crippen LogP contribution >= 0.6 is 0 Å². The zero-order valence-corrected chi connectivity index (χ0v) is 8.66. The summed E-state index contributed by atoms with van der Waals surface area (Å²) in [4.78, 5) is 0. The fourth-order valence-corrected chi connectivity index (χ4v) is 1.58. The van der Waals surface area contributed by atoms with Gasteiger partial charge >= 0.3 is 0 Å². The van der Waals surface area contributed by atoms with Crippen molar-refractivity contribution >= 4 is 22.7 Å². The van der Waals surface area contributed by atoms with Gasteiger partial charge in [0.15, 0.2) is 0 Å². The van der Waals surface area contributed by atoms with E-state index in [0.717, 1.165) is 28.0 Å². The molecule has 76 valence electrons. The summed E-state index contributed by atoms with van der Waals surface area (Å²) in [6, 6.07) is 5.70. The largest absolute Gasteiger partial charge is 0.456 e. The van der Waals surface area contributed by atoms with Gasteiger partial charge in [-0.1, -0.05) is 18.7 Å². The first-order chi connectivity index (χ1) is 7.22. The molecule has 0 bridgehead atoms. The number of fused-ring (bicyclic) bond motifs is 1. The Kier molecular flexibility index (Phi) is 2.34. The Bertz CT molecular complexity index is 535. The smallest absolute Gasteiger partial charge is 0.137 e. The molecular formula is C13H13NO. The van der Waals surface area contributed by atoms with Gasteiger partial charge in [0.05, 0.1) is 0 Å². The number of nitrogen functional groups attached to an aromatic ring is 1. The molecule has 2 rings (SSSR count). The van der Waals surface area contributed by atoms with Crippen molar-refractivity contribution < 1.29 is 4.42 Å². The van der Waals surface area contributed by atoms with Crippen LogP contribution in [0.1, 0.15) is 11.3 Å². The normalized spacial score (nSPS) is 11.3. The van der Waals surface area contributed by atoms with Crippen molar-refractivity contribution in [1.29, 1.82) is 0 Å². The SMILES string of the molecule is C=C/C=C\c1oc2cc(N)ccc2c1C. The number of aryl methyl sites for hydroxylation is 1. The molecule has 0 saturated carbocycles. The zero-order chi connectivity index (χ0) is 10.8. The van der Waals surface area contributed by atoms with Gasteiger partial charge in [-0.05, 0) is 25.1 Å². The summed E-state index contributed by atoms with van der Waals surface area (Å²) in [6.07, 6.45) is 5.48. The van der Waals surface area contributed by atoms with Gasteiger partial charge in [-0.3, -0.25) is 0 Å². The van der Waals surface area contributed by atoms with Gasteiger partial charge in [-0.25, -0.2) is 0 Å². The average molecular weight is 199 g/mol. The Balaban J connectivity index is 2.63. The molecule has 2 heteroatoms. The minimum atomic E-state index is 0.718. The number of allylic oxidation sites excluding steroid dienone is 2. The summed E-state index contributed by atoms with van der Waals surface area (Å²) < 4.78 is 5.67. The first kappa shape index (κ1) is 9.59. The van der Waals surface area contributed by atoms with Crippen LogP contribution in [0.2, 0.25) is 0 Å². The summed E-state index contributed by atoms with van der Waals surface area (Å²) >= 11 is 0. The molecule has 0 atom stereocenters. The molecule has 1 aromatic carbocycles. The first-order valence-electron chi connectivity index (χ1n) is 4.80. The molecule has 0 spiro atoms. The van der Waals surface area contributed by atoms with Crippen LogP contribution in [0.4, 0.5) is 5.69 Å². The number of nitrogens with two attached hydrogens (primary N) is 1. The highest BCUT2D eigenvalue weighted by Gasteiger charge is 2.07. The maximum Gasteiger partial charge on any atom is 0.137 e. The Morgan fingerprint density at radius 3 is 2.93 bits per heavy atom. The van der Waals surface area contributed by atoms with Crippen molar-refractivity contribution in [2.45, 2.75) is 6.92 Å². The number of benzene rings is 1. The molecule has 0 aliphatic carbocycles. The van der Waals surface area contributed by atoms with Gasteiger partial charge in [0.1, 0.15) is 11.3 Å². The maximum atomic E-state index is 5.69. The van der Waals surface area contributed by atoms with Gasteiger partial charge in [0.25, 0.3) is 0 Å². The zero-order valence-electron chi connectivity index (χ0n) is 8.66. The number of anilines is 1. The quantitative estimate of drug-likeness (QED) is 0.593. The lowest BCUT2D eigenvalue weighted by Gasteiger charge is -1.91. The van der Waals surface area contributed by atoms with Crippen molar-refractivity contribution in [2.75, 3.05) is 5.73 Å². The molecule has 0 radical (unpaired) electrons. The highest BCUT2D eigenvalue weighted by atomic mass is 16.3. The molecule has 0 aliphatic heterocycles. The van der Waals surface area contributed by atoms with E-state index < -0.39 is 0 Å². The second kappa shape index (κ2) is 3.65. The molecular weight excluding hydrogens is 186 g/mol. The molecule has 1 aromatic heterocycles. The van der Waals surface area contributed by atoms with Crippen LogP contribution in [0.15, 0.2) is 41.3 Å². The molecule has 0 aliphatic rings. The fraction of sp³-hybridized carbons (Fsp3) is 0.0769. The lowest BCUT2D eigenvalue weighted by Crippen LogP contribution is -1.81. The van der Waals surface area contributed by atoms with Gasteiger partial charge in [0.2, 0.25) is 0 Å². The van der Waals surface area contributed by atoms with Crippen molar-refractivity contribution in [1.82, 2.24) is 0 Å². The van der Waals surface area contributed by atoms with E-state index in [1.807, 2.05) is 37.3 Å². The molecule has 15 heavy (non-hydrogen) atoms. The van der Waals surface area contributed by atoms with E-state index in [1.165, 1.54) is 0 Å². The number of hydrogen-bond donors (Lipinski definition) is 1. The van der Waals surface area contributed by atoms with Crippen LogP contribution in [-0.4, -0.2) is 0 Å². The minimum Gasteiger partial charge on any atom is -0.456 e. The average Bonchev–Trinajstić information content (AvgIpc) is 2.52. The van der Waals surface area contributed by atoms with Crippen LogP contribution < -0.4 is 5.73 Å². The Morgan fingerprint density at radius 1 is 1.40 bits per heavy atom. The predicted molar refractivity (Wildman–Crippen MR) is 64.6 cm³/mol. The fourth-order valence-electron chi connectivity index (χ4n) is 1.58. The number of furan rings is 1. The van der Waals surface area contributed by atoms with Crippen LogP contribution in [0, 0.1) is 6.92 Å². The summed E-state index contributed by atoms with van der Waals surface area (Å²) in [6.45, 7) is 5.66. The molecule has 0 fully saturated rings. The number of hydrogen-bond acceptors (Lipinski definition) is 2. The summed E-state index contributed by atoms with van der Waals surface area (Å²) in [7, 11) is 0.